The first-order chi connectivity index (χ1) is 13.3. The van der Waals surface area contributed by atoms with Gasteiger partial charge in [-0.05, 0) is 24.8 Å². The number of fused-ring (bicyclic) bond motifs is 2. The zero-order valence-electron chi connectivity index (χ0n) is 15.3. The maximum Gasteiger partial charge on any atom is 0.165 e. The van der Waals surface area contributed by atoms with Gasteiger partial charge < -0.3 is 14.4 Å². The molecule has 0 radical (unpaired) electrons. The Bertz CT molecular complexity index is 1110. The molecule has 1 saturated heterocycles. The molecule has 138 valence electrons. The number of aryl methyl sites for hydroxylation is 2. The van der Waals surface area contributed by atoms with Crippen LogP contribution in [0.4, 0.5) is 11.6 Å². The van der Waals surface area contributed by atoms with E-state index in [4.69, 9.17) is 0 Å². The highest BCUT2D eigenvalue weighted by Crippen LogP contribution is 2.32. The molecule has 4 aromatic rings. The molecule has 0 aliphatic carbocycles. The average Bonchev–Trinajstić information content (AvgIpc) is 3.31. The van der Waals surface area contributed by atoms with Crippen LogP contribution in [-0.4, -0.2) is 55.7 Å². The average molecular weight is 380 g/mol. The number of piperazine rings is 1. The van der Waals surface area contributed by atoms with E-state index in [9.17, 15) is 0 Å². The molecule has 0 spiro atoms. The second-order valence-electron chi connectivity index (χ2n) is 6.67. The molecule has 0 aromatic carbocycles. The third kappa shape index (κ3) is 2.61. The maximum atomic E-state index is 4.57. The van der Waals surface area contributed by atoms with Gasteiger partial charge in [0.25, 0.3) is 0 Å². The van der Waals surface area contributed by atoms with Crippen LogP contribution in [0, 0.1) is 6.92 Å². The minimum Gasteiger partial charge on any atom is -0.352 e. The predicted octanol–water partition coefficient (Wildman–Crippen LogP) is 2.49. The number of nitrogens with zero attached hydrogens (tertiary/aromatic N) is 8. The van der Waals surface area contributed by atoms with E-state index in [-0.39, 0.29) is 0 Å². The number of hydrogen-bond acceptors (Lipinski definition) is 8. The second-order valence-corrected chi connectivity index (χ2v) is 7.55. The number of imidazole rings is 1. The summed E-state index contributed by atoms with van der Waals surface area (Å²) >= 11 is 1.72. The fraction of sp³-hybridized carbons (Fsp3) is 0.389. The zero-order chi connectivity index (χ0) is 18.4. The third-order valence-electron chi connectivity index (χ3n) is 5.11. The Kier molecular flexibility index (Phi) is 3.89. The highest BCUT2D eigenvalue weighted by atomic mass is 32.1. The van der Waals surface area contributed by atoms with Crippen LogP contribution in [0.15, 0.2) is 24.4 Å². The minimum absolute atomic E-state index is 0.852. The summed E-state index contributed by atoms with van der Waals surface area (Å²) in [6.45, 7) is 8.58. The first-order valence-electron chi connectivity index (χ1n) is 9.10. The molecule has 1 fully saturated rings. The van der Waals surface area contributed by atoms with E-state index in [1.54, 1.807) is 24.0 Å². The van der Waals surface area contributed by atoms with Crippen LogP contribution in [0.25, 0.3) is 21.4 Å². The molecule has 5 heterocycles. The largest absolute Gasteiger partial charge is 0.352 e. The summed E-state index contributed by atoms with van der Waals surface area (Å²) < 4.78 is 3.22. The summed E-state index contributed by atoms with van der Waals surface area (Å²) in [4.78, 5) is 27.1. The second kappa shape index (κ2) is 6.41. The monoisotopic (exact) mass is 380 g/mol. The Hall–Kier alpha value is -2.81. The van der Waals surface area contributed by atoms with Crippen LogP contribution < -0.4 is 9.80 Å². The van der Waals surface area contributed by atoms with Crippen molar-refractivity contribution in [3.05, 3.63) is 29.9 Å². The summed E-state index contributed by atoms with van der Waals surface area (Å²) in [5, 5.41) is 2.15. The highest BCUT2D eigenvalue weighted by Gasteiger charge is 2.24. The molecular formula is C18H20N8S. The van der Waals surface area contributed by atoms with Crippen LogP contribution >= 0.6 is 11.3 Å². The van der Waals surface area contributed by atoms with Crippen LogP contribution in [0.2, 0.25) is 0 Å². The van der Waals surface area contributed by atoms with Crippen LogP contribution in [0.5, 0.6) is 0 Å². The number of hydrogen-bond donors (Lipinski definition) is 0. The van der Waals surface area contributed by atoms with Gasteiger partial charge in [-0.15, -0.1) is 11.3 Å². The molecule has 4 aromatic heterocycles. The summed E-state index contributed by atoms with van der Waals surface area (Å²) in [6.07, 6.45) is 5.16. The highest BCUT2D eigenvalue weighted by molar-refractivity contribution is 7.18. The molecule has 1 aliphatic heterocycles. The smallest absolute Gasteiger partial charge is 0.165 e. The first kappa shape index (κ1) is 16.4. The Labute approximate surface area is 160 Å². The van der Waals surface area contributed by atoms with Gasteiger partial charge in [-0.1, -0.05) is 0 Å². The summed E-state index contributed by atoms with van der Waals surface area (Å²) in [5.41, 5.74) is 4.06. The zero-order valence-corrected chi connectivity index (χ0v) is 16.1. The lowest BCUT2D eigenvalue weighted by Gasteiger charge is -2.36. The van der Waals surface area contributed by atoms with Gasteiger partial charge in [0.05, 0.1) is 16.5 Å². The van der Waals surface area contributed by atoms with Crippen molar-refractivity contribution < 1.29 is 0 Å². The van der Waals surface area contributed by atoms with Gasteiger partial charge in [-0.25, -0.2) is 24.9 Å². The van der Waals surface area contributed by atoms with E-state index >= 15 is 0 Å². The molecule has 0 atom stereocenters. The van der Waals surface area contributed by atoms with Crippen molar-refractivity contribution in [2.75, 3.05) is 36.0 Å². The fourth-order valence-corrected chi connectivity index (χ4v) is 4.66. The van der Waals surface area contributed by atoms with Crippen LogP contribution in [-0.2, 0) is 6.54 Å². The lowest BCUT2D eigenvalue weighted by molar-refractivity contribution is 0.644. The van der Waals surface area contributed by atoms with Gasteiger partial charge in [-0.3, -0.25) is 0 Å². The Balaban J connectivity index is 1.41. The molecule has 9 heteroatoms. The third-order valence-corrected chi connectivity index (χ3v) is 6.20. The van der Waals surface area contributed by atoms with Gasteiger partial charge in [0.1, 0.15) is 18.5 Å². The van der Waals surface area contributed by atoms with E-state index in [1.165, 1.54) is 10.3 Å². The van der Waals surface area contributed by atoms with Gasteiger partial charge in [-0.2, -0.15) is 0 Å². The fourth-order valence-electron chi connectivity index (χ4n) is 3.64. The summed E-state index contributed by atoms with van der Waals surface area (Å²) in [7, 11) is 0. The molecule has 27 heavy (non-hydrogen) atoms. The molecule has 5 rings (SSSR count). The predicted molar refractivity (Wildman–Crippen MR) is 108 cm³/mol. The maximum absolute atomic E-state index is 4.57. The van der Waals surface area contributed by atoms with Crippen molar-refractivity contribution in [1.29, 1.82) is 0 Å². The number of rotatable bonds is 3. The molecule has 0 bridgehead atoms. The molecule has 0 N–H and O–H groups in total. The quantitative estimate of drug-likeness (QED) is 0.540. The normalized spacial score (nSPS) is 15.2. The van der Waals surface area contributed by atoms with E-state index < -0.39 is 0 Å². The number of thiophene rings is 1. The van der Waals surface area contributed by atoms with Crippen molar-refractivity contribution in [1.82, 2.24) is 29.5 Å². The Morgan fingerprint density at radius 2 is 1.59 bits per heavy atom. The van der Waals surface area contributed by atoms with Crippen molar-refractivity contribution in [3.63, 3.8) is 0 Å². The first-order valence-corrected chi connectivity index (χ1v) is 9.98. The van der Waals surface area contributed by atoms with Crippen molar-refractivity contribution in [2.45, 2.75) is 20.4 Å². The van der Waals surface area contributed by atoms with Crippen molar-refractivity contribution >= 4 is 44.4 Å². The number of aromatic nitrogens is 6. The topological polar surface area (TPSA) is 75.9 Å². The van der Waals surface area contributed by atoms with Crippen LogP contribution in [0.3, 0.4) is 0 Å². The van der Waals surface area contributed by atoms with Gasteiger partial charge in [0, 0.05) is 32.7 Å². The number of anilines is 2. The van der Waals surface area contributed by atoms with E-state index in [0.29, 0.717) is 0 Å². The molecule has 8 nitrogen and oxygen atoms in total. The molecule has 0 saturated carbocycles. The van der Waals surface area contributed by atoms with Gasteiger partial charge in [0.15, 0.2) is 17.0 Å². The van der Waals surface area contributed by atoms with E-state index in [1.807, 2.05) is 10.9 Å². The van der Waals surface area contributed by atoms with Crippen LogP contribution in [0.1, 0.15) is 12.5 Å². The summed E-state index contributed by atoms with van der Waals surface area (Å²) in [5.74, 6) is 1.97. The summed E-state index contributed by atoms with van der Waals surface area (Å²) in [6, 6.07) is 0. The molecule has 1 aliphatic rings. The van der Waals surface area contributed by atoms with Gasteiger partial charge in [0.2, 0.25) is 0 Å². The van der Waals surface area contributed by atoms with E-state index in [0.717, 1.165) is 61.0 Å². The SMILES string of the molecule is CCn1cnc2c(N3CCN(c4ncnc5c(C)csc45)CC3)ncnc21. The Morgan fingerprint density at radius 1 is 0.889 bits per heavy atom. The van der Waals surface area contributed by atoms with E-state index in [2.05, 4.69) is 53.9 Å². The lowest BCUT2D eigenvalue weighted by atomic mass is 10.2. The van der Waals surface area contributed by atoms with Gasteiger partial charge >= 0.3 is 0 Å². The Morgan fingerprint density at radius 3 is 2.37 bits per heavy atom. The minimum atomic E-state index is 0.852. The van der Waals surface area contributed by atoms with Crippen molar-refractivity contribution in [2.24, 2.45) is 0 Å². The lowest BCUT2D eigenvalue weighted by Crippen LogP contribution is -2.47. The molecule has 0 unspecified atom stereocenters. The van der Waals surface area contributed by atoms with Crippen molar-refractivity contribution in [3.8, 4) is 0 Å². The molecule has 0 amide bonds. The standard InChI is InChI=1S/C18H20N8S/c1-3-24-11-23-14-16(24)20-10-21-17(14)25-4-6-26(7-5-25)18-15-13(19-9-22-18)12(2)8-27-15/h8-11H,3-7H2,1-2H3. The molecular weight excluding hydrogens is 360 g/mol.